The second kappa shape index (κ2) is 8.14. The summed E-state index contributed by atoms with van der Waals surface area (Å²) in [6, 6.07) is 7.83. The van der Waals surface area contributed by atoms with Crippen molar-refractivity contribution in [2.75, 3.05) is 11.2 Å². The largest absolute Gasteiger partial charge is 0.457 e. The summed E-state index contributed by atoms with van der Waals surface area (Å²) in [6.07, 6.45) is -3.20. The van der Waals surface area contributed by atoms with Crippen LogP contribution in [-0.4, -0.2) is 16.1 Å². The van der Waals surface area contributed by atoms with Gasteiger partial charge in [-0.3, -0.25) is 15.5 Å². The first-order valence-electron chi connectivity index (χ1n) is 7.86. The Hall–Kier alpha value is -3.67. The van der Waals surface area contributed by atoms with Gasteiger partial charge in [0.2, 0.25) is 5.13 Å². The van der Waals surface area contributed by atoms with Gasteiger partial charge in [0.15, 0.2) is 0 Å². The van der Waals surface area contributed by atoms with Crippen LogP contribution in [0.25, 0.3) is 0 Å². The van der Waals surface area contributed by atoms with Crippen LogP contribution in [0.3, 0.4) is 0 Å². The van der Waals surface area contributed by atoms with Crippen molar-refractivity contribution in [1.82, 2.24) is 4.98 Å². The number of halogens is 3. The minimum Gasteiger partial charge on any atom is -0.457 e. The van der Waals surface area contributed by atoms with Gasteiger partial charge in [-0.1, -0.05) is 0 Å². The highest BCUT2D eigenvalue weighted by atomic mass is 32.1. The van der Waals surface area contributed by atoms with Crippen LogP contribution in [-0.2, 0) is 6.18 Å². The standard InChI is InChI=1S/C17H12F3N5O3S/c18-17(19,20)11-1-4-13(5-2-11)28-14-6-3-12(25(26)27)7-10(14)8-22-24-16-23-15(21)9-29-16/h1-9H,21H2,(H,23,24). The number of aromatic nitrogens is 1. The van der Waals surface area contributed by atoms with E-state index in [0.29, 0.717) is 10.9 Å². The van der Waals surface area contributed by atoms with Crippen molar-refractivity contribution < 1.29 is 22.8 Å². The molecule has 1 aromatic heterocycles. The Kier molecular flexibility index (Phi) is 5.64. The van der Waals surface area contributed by atoms with Crippen molar-refractivity contribution in [3.8, 4) is 11.5 Å². The van der Waals surface area contributed by atoms with Crippen molar-refractivity contribution in [3.63, 3.8) is 0 Å². The molecule has 3 rings (SSSR count). The highest BCUT2D eigenvalue weighted by Crippen LogP contribution is 2.32. The molecule has 1 heterocycles. The summed E-state index contributed by atoms with van der Waals surface area (Å²) in [4.78, 5) is 14.4. The van der Waals surface area contributed by atoms with E-state index < -0.39 is 16.7 Å². The van der Waals surface area contributed by atoms with E-state index in [4.69, 9.17) is 10.5 Å². The number of nitro groups is 1. The number of nitrogens with zero attached hydrogens (tertiary/aromatic N) is 3. The smallest absolute Gasteiger partial charge is 0.416 e. The lowest BCUT2D eigenvalue weighted by Gasteiger charge is -2.10. The van der Waals surface area contributed by atoms with Gasteiger partial charge in [-0.15, -0.1) is 11.3 Å². The lowest BCUT2D eigenvalue weighted by atomic mass is 10.2. The van der Waals surface area contributed by atoms with Gasteiger partial charge in [0.25, 0.3) is 5.69 Å². The molecule has 8 nitrogen and oxygen atoms in total. The summed E-state index contributed by atoms with van der Waals surface area (Å²) >= 11 is 1.21. The predicted molar refractivity (Wildman–Crippen MR) is 102 cm³/mol. The fourth-order valence-corrected chi connectivity index (χ4v) is 2.73. The molecule has 29 heavy (non-hydrogen) atoms. The molecule has 0 unspecified atom stereocenters. The maximum absolute atomic E-state index is 12.7. The van der Waals surface area contributed by atoms with Gasteiger partial charge in [0, 0.05) is 23.1 Å². The van der Waals surface area contributed by atoms with E-state index in [1.165, 1.54) is 35.8 Å². The first-order chi connectivity index (χ1) is 13.7. The Morgan fingerprint density at radius 1 is 1.24 bits per heavy atom. The zero-order chi connectivity index (χ0) is 21.0. The third-order valence-electron chi connectivity index (χ3n) is 3.50. The summed E-state index contributed by atoms with van der Waals surface area (Å²) in [5.74, 6) is 0.607. The van der Waals surface area contributed by atoms with E-state index in [1.807, 2.05) is 0 Å². The fourth-order valence-electron chi connectivity index (χ4n) is 2.18. The third-order valence-corrected chi connectivity index (χ3v) is 4.26. The average Bonchev–Trinajstić information content (AvgIpc) is 3.07. The molecule has 0 saturated heterocycles. The van der Waals surface area contributed by atoms with Crippen LogP contribution in [0.4, 0.5) is 29.8 Å². The molecule has 0 aliphatic carbocycles. The maximum atomic E-state index is 12.7. The number of hydrazone groups is 1. The zero-order valence-corrected chi connectivity index (χ0v) is 15.2. The SMILES string of the molecule is Nc1csc(NN=Cc2cc([N+](=O)[O-])ccc2Oc2ccc(C(F)(F)F)cc2)n1. The number of nitrogens with one attached hydrogen (secondary N) is 1. The Morgan fingerprint density at radius 2 is 1.97 bits per heavy atom. The van der Waals surface area contributed by atoms with Gasteiger partial charge >= 0.3 is 6.18 Å². The number of nitrogens with two attached hydrogens (primary N) is 1. The second-order valence-electron chi connectivity index (χ2n) is 5.55. The van der Waals surface area contributed by atoms with Gasteiger partial charge in [0.1, 0.15) is 17.3 Å². The van der Waals surface area contributed by atoms with E-state index in [-0.39, 0.29) is 22.7 Å². The minimum atomic E-state index is -4.46. The number of thiazole rings is 1. The number of hydrogen-bond donors (Lipinski definition) is 2. The predicted octanol–water partition coefficient (Wildman–Crippen LogP) is 4.89. The monoisotopic (exact) mass is 423 g/mol. The molecular weight excluding hydrogens is 411 g/mol. The number of benzene rings is 2. The summed E-state index contributed by atoms with van der Waals surface area (Å²) in [6.45, 7) is 0. The summed E-state index contributed by atoms with van der Waals surface area (Å²) in [7, 11) is 0. The molecule has 0 atom stereocenters. The molecule has 0 bridgehead atoms. The molecule has 0 saturated carbocycles. The highest BCUT2D eigenvalue weighted by molar-refractivity contribution is 7.14. The van der Waals surface area contributed by atoms with Crippen LogP contribution in [0.2, 0.25) is 0 Å². The Balaban J connectivity index is 1.84. The summed E-state index contributed by atoms with van der Waals surface area (Å²) in [5.41, 5.74) is 7.34. The molecule has 0 amide bonds. The Bertz CT molecular complexity index is 1050. The number of non-ortho nitro benzene ring substituents is 1. The first-order valence-corrected chi connectivity index (χ1v) is 8.74. The van der Waals surface area contributed by atoms with E-state index >= 15 is 0 Å². The lowest BCUT2D eigenvalue weighted by molar-refractivity contribution is -0.384. The van der Waals surface area contributed by atoms with Crippen molar-refractivity contribution in [2.24, 2.45) is 5.10 Å². The molecule has 0 radical (unpaired) electrons. The van der Waals surface area contributed by atoms with Crippen LogP contribution >= 0.6 is 11.3 Å². The Morgan fingerprint density at radius 3 is 2.55 bits per heavy atom. The highest BCUT2D eigenvalue weighted by Gasteiger charge is 2.30. The summed E-state index contributed by atoms with van der Waals surface area (Å²) < 4.78 is 43.6. The van der Waals surface area contributed by atoms with Gasteiger partial charge in [-0.25, -0.2) is 4.98 Å². The number of nitrogen functional groups attached to an aromatic ring is 1. The maximum Gasteiger partial charge on any atom is 0.416 e. The van der Waals surface area contributed by atoms with Gasteiger partial charge in [-0.2, -0.15) is 18.3 Å². The van der Waals surface area contributed by atoms with Crippen molar-refractivity contribution in [2.45, 2.75) is 6.18 Å². The Labute approximate surface area is 165 Å². The molecule has 0 spiro atoms. The number of ether oxygens (including phenoxy) is 1. The van der Waals surface area contributed by atoms with Crippen molar-refractivity contribution in [1.29, 1.82) is 0 Å². The van der Waals surface area contributed by atoms with Gasteiger partial charge < -0.3 is 10.5 Å². The van der Waals surface area contributed by atoms with Crippen molar-refractivity contribution in [3.05, 3.63) is 69.1 Å². The van der Waals surface area contributed by atoms with Gasteiger partial charge in [0.05, 0.1) is 16.7 Å². The molecule has 0 aliphatic rings. The third kappa shape index (κ3) is 5.19. The second-order valence-corrected chi connectivity index (χ2v) is 6.41. The van der Waals surface area contributed by atoms with E-state index in [9.17, 15) is 23.3 Å². The lowest BCUT2D eigenvalue weighted by Crippen LogP contribution is -2.04. The molecule has 0 fully saturated rings. The van der Waals surface area contributed by atoms with Crippen LogP contribution < -0.4 is 15.9 Å². The molecule has 3 N–H and O–H groups in total. The van der Waals surface area contributed by atoms with Gasteiger partial charge in [-0.05, 0) is 30.3 Å². The van der Waals surface area contributed by atoms with Crippen LogP contribution in [0.5, 0.6) is 11.5 Å². The van der Waals surface area contributed by atoms with Crippen LogP contribution in [0.1, 0.15) is 11.1 Å². The molecular formula is C17H12F3N5O3S. The molecule has 2 aromatic carbocycles. The molecule has 3 aromatic rings. The average molecular weight is 423 g/mol. The summed E-state index contributed by atoms with van der Waals surface area (Å²) in [5, 5.41) is 17.0. The topological polar surface area (TPSA) is 116 Å². The number of anilines is 2. The van der Waals surface area contributed by atoms with Crippen LogP contribution in [0.15, 0.2) is 52.9 Å². The quantitative estimate of drug-likeness (QED) is 0.331. The van der Waals surface area contributed by atoms with E-state index in [0.717, 1.165) is 24.3 Å². The van der Waals surface area contributed by atoms with E-state index in [2.05, 4.69) is 15.5 Å². The molecule has 0 aliphatic heterocycles. The minimum absolute atomic E-state index is 0.127. The fraction of sp³-hybridized carbons (Fsp3) is 0.0588. The first kappa shape index (κ1) is 20.1. The molecule has 150 valence electrons. The number of hydrogen-bond acceptors (Lipinski definition) is 8. The zero-order valence-electron chi connectivity index (χ0n) is 14.4. The van der Waals surface area contributed by atoms with Crippen molar-refractivity contribution >= 4 is 34.2 Å². The van der Waals surface area contributed by atoms with E-state index in [1.54, 1.807) is 5.38 Å². The van der Waals surface area contributed by atoms with Crippen LogP contribution in [0, 0.1) is 10.1 Å². The normalized spacial score (nSPS) is 11.6. The number of rotatable bonds is 6. The number of nitro benzene ring substituents is 1. The number of alkyl halides is 3. The molecule has 12 heteroatoms.